The van der Waals surface area contributed by atoms with Crippen LogP contribution in [0.4, 0.5) is 4.79 Å². The van der Waals surface area contributed by atoms with Gasteiger partial charge in [-0.05, 0) is 45.3 Å². The Labute approximate surface area is 130 Å². The molecule has 108 valence electrons. The van der Waals surface area contributed by atoms with Crippen molar-refractivity contribution in [3.8, 4) is 5.75 Å². The first kappa shape index (κ1) is 15.1. The van der Waals surface area contributed by atoms with E-state index in [9.17, 15) is 4.79 Å². The van der Waals surface area contributed by atoms with Crippen LogP contribution < -0.4 is 15.9 Å². The molecule has 0 unspecified atom stereocenters. The van der Waals surface area contributed by atoms with Crippen molar-refractivity contribution >= 4 is 28.2 Å². The van der Waals surface area contributed by atoms with Gasteiger partial charge in [-0.25, -0.2) is 10.2 Å². The van der Waals surface area contributed by atoms with E-state index >= 15 is 0 Å². The minimum Gasteiger partial charge on any atom is -0.488 e. The van der Waals surface area contributed by atoms with Gasteiger partial charge in [0.05, 0.1) is 10.7 Å². The van der Waals surface area contributed by atoms with E-state index in [-0.39, 0.29) is 0 Å². The molecule has 0 aliphatic carbocycles. The van der Waals surface area contributed by atoms with Gasteiger partial charge in [0, 0.05) is 0 Å². The molecule has 0 saturated heterocycles. The van der Waals surface area contributed by atoms with E-state index in [1.807, 2.05) is 48.5 Å². The molecule has 2 aromatic carbocycles. The maximum Gasteiger partial charge on any atom is 0.332 e. The Balaban J connectivity index is 1.99. The molecule has 0 aliphatic heterocycles. The highest BCUT2D eigenvalue weighted by molar-refractivity contribution is 9.10. The van der Waals surface area contributed by atoms with Crippen molar-refractivity contribution in [3.63, 3.8) is 0 Å². The second-order valence-corrected chi connectivity index (χ2v) is 5.05. The fourth-order valence-electron chi connectivity index (χ4n) is 1.62. The summed E-state index contributed by atoms with van der Waals surface area (Å²) in [5.74, 6) is 0.735. The van der Waals surface area contributed by atoms with Gasteiger partial charge in [-0.2, -0.15) is 5.10 Å². The topological polar surface area (TPSA) is 76.7 Å². The summed E-state index contributed by atoms with van der Waals surface area (Å²) in [5.41, 5.74) is 8.95. The average Bonchev–Trinajstić information content (AvgIpc) is 2.47. The van der Waals surface area contributed by atoms with Crippen molar-refractivity contribution in [2.75, 3.05) is 0 Å². The minimum absolute atomic E-state index is 0.496. The number of hydrazone groups is 1. The van der Waals surface area contributed by atoms with Crippen LogP contribution in [-0.4, -0.2) is 12.2 Å². The molecular formula is C15H14BrN3O2. The summed E-state index contributed by atoms with van der Waals surface area (Å²) in [4.78, 5) is 10.5. The van der Waals surface area contributed by atoms with Crippen LogP contribution in [0.3, 0.4) is 0 Å². The lowest BCUT2D eigenvalue weighted by atomic mass is 10.2. The fraction of sp³-hybridized carbons (Fsp3) is 0.0667. The third-order valence-corrected chi connectivity index (χ3v) is 3.20. The van der Waals surface area contributed by atoms with Gasteiger partial charge < -0.3 is 10.5 Å². The molecule has 0 aromatic heterocycles. The number of nitrogens with one attached hydrogen (secondary N) is 1. The molecule has 0 spiro atoms. The Hall–Kier alpha value is -2.34. The molecule has 0 bridgehead atoms. The van der Waals surface area contributed by atoms with E-state index in [2.05, 4.69) is 26.5 Å². The highest BCUT2D eigenvalue weighted by atomic mass is 79.9. The Morgan fingerprint density at radius 2 is 2.05 bits per heavy atom. The van der Waals surface area contributed by atoms with E-state index in [4.69, 9.17) is 10.5 Å². The Kier molecular flexibility index (Phi) is 5.34. The van der Waals surface area contributed by atoms with Crippen LogP contribution in [0.1, 0.15) is 11.1 Å². The van der Waals surface area contributed by atoms with Crippen LogP contribution in [0.5, 0.6) is 5.75 Å². The molecule has 0 aliphatic rings. The lowest BCUT2D eigenvalue weighted by Crippen LogP contribution is -2.24. The number of nitrogens with two attached hydrogens (primary N) is 1. The molecule has 2 amide bonds. The average molecular weight is 348 g/mol. The molecule has 21 heavy (non-hydrogen) atoms. The number of hydrogen-bond donors (Lipinski definition) is 2. The fourth-order valence-corrected chi connectivity index (χ4v) is 2.13. The number of urea groups is 1. The van der Waals surface area contributed by atoms with Crippen LogP contribution in [-0.2, 0) is 6.61 Å². The van der Waals surface area contributed by atoms with E-state index in [1.165, 1.54) is 6.21 Å². The normalized spacial score (nSPS) is 10.5. The lowest BCUT2D eigenvalue weighted by Gasteiger charge is -2.08. The number of primary amides is 1. The third kappa shape index (κ3) is 4.92. The maximum atomic E-state index is 10.5. The molecule has 0 radical (unpaired) electrons. The van der Waals surface area contributed by atoms with Crippen molar-refractivity contribution in [2.24, 2.45) is 10.8 Å². The molecular weight excluding hydrogens is 334 g/mol. The Morgan fingerprint density at radius 3 is 2.71 bits per heavy atom. The molecule has 0 atom stereocenters. The standard InChI is InChI=1S/C15H14BrN3O2/c16-13-8-12(9-18-19-15(17)20)6-7-14(13)21-10-11-4-2-1-3-5-11/h1-9H,10H2,(H3,17,19,20)/b18-9-. The summed E-state index contributed by atoms with van der Waals surface area (Å²) in [6.07, 6.45) is 1.50. The quantitative estimate of drug-likeness (QED) is 0.644. The SMILES string of the molecule is NC(=O)N/N=C\c1ccc(OCc2ccccc2)c(Br)c1. The summed E-state index contributed by atoms with van der Waals surface area (Å²) in [6, 6.07) is 14.7. The molecule has 0 fully saturated rings. The van der Waals surface area contributed by atoms with Crippen molar-refractivity contribution in [2.45, 2.75) is 6.61 Å². The zero-order chi connectivity index (χ0) is 15.1. The second kappa shape index (κ2) is 7.44. The van der Waals surface area contributed by atoms with Gasteiger partial charge in [0.2, 0.25) is 0 Å². The Morgan fingerprint density at radius 1 is 1.29 bits per heavy atom. The number of ether oxygens (including phenoxy) is 1. The number of hydrogen-bond acceptors (Lipinski definition) is 3. The van der Waals surface area contributed by atoms with Crippen LogP contribution in [0.25, 0.3) is 0 Å². The summed E-state index contributed by atoms with van der Waals surface area (Å²) in [6.45, 7) is 0.496. The minimum atomic E-state index is -0.701. The van der Waals surface area contributed by atoms with Gasteiger partial charge in [0.15, 0.2) is 0 Å². The highest BCUT2D eigenvalue weighted by Gasteiger charge is 2.02. The van der Waals surface area contributed by atoms with E-state index in [0.29, 0.717) is 6.61 Å². The predicted molar refractivity (Wildman–Crippen MR) is 85.2 cm³/mol. The third-order valence-electron chi connectivity index (χ3n) is 2.58. The summed E-state index contributed by atoms with van der Waals surface area (Å²) in [7, 11) is 0. The number of amides is 2. The van der Waals surface area contributed by atoms with E-state index in [0.717, 1.165) is 21.3 Å². The van der Waals surface area contributed by atoms with Gasteiger partial charge in [-0.3, -0.25) is 0 Å². The van der Waals surface area contributed by atoms with Gasteiger partial charge in [-0.1, -0.05) is 30.3 Å². The smallest absolute Gasteiger partial charge is 0.332 e. The zero-order valence-electron chi connectivity index (χ0n) is 11.1. The number of nitrogens with zero attached hydrogens (tertiary/aromatic N) is 1. The summed E-state index contributed by atoms with van der Waals surface area (Å²) in [5, 5.41) is 3.69. The molecule has 0 saturated carbocycles. The molecule has 5 nitrogen and oxygen atoms in total. The number of carbonyl (C=O) groups excluding carboxylic acids is 1. The van der Waals surface area contributed by atoms with Gasteiger partial charge in [0.25, 0.3) is 0 Å². The van der Waals surface area contributed by atoms with Gasteiger partial charge in [0.1, 0.15) is 12.4 Å². The largest absolute Gasteiger partial charge is 0.488 e. The molecule has 6 heteroatoms. The first-order valence-corrected chi connectivity index (χ1v) is 6.99. The number of carbonyl (C=O) groups is 1. The highest BCUT2D eigenvalue weighted by Crippen LogP contribution is 2.26. The molecule has 0 heterocycles. The van der Waals surface area contributed by atoms with Crippen LogP contribution in [0, 0.1) is 0 Å². The van der Waals surface area contributed by atoms with Crippen molar-refractivity contribution in [1.82, 2.24) is 5.43 Å². The van der Waals surface area contributed by atoms with Crippen molar-refractivity contribution in [3.05, 3.63) is 64.1 Å². The number of benzene rings is 2. The lowest BCUT2D eigenvalue weighted by molar-refractivity contribution is 0.249. The number of rotatable bonds is 5. The number of halogens is 1. The molecule has 3 N–H and O–H groups in total. The van der Waals surface area contributed by atoms with E-state index in [1.54, 1.807) is 0 Å². The zero-order valence-corrected chi connectivity index (χ0v) is 12.7. The van der Waals surface area contributed by atoms with Crippen molar-refractivity contribution in [1.29, 1.82) is 0 Å². The van der Waals surface area contributed by atoms with Crippen LogP contribution >= 0.6 is 15.9 Å². The summed E-state index contributed by atoms with van der Waals surface area (Å²) >= 11 is 3.44. The Bertz CT molecular complexity index is 645. The first-order valence-electron chi connectivity index (χ1n) is 6.20. The summed E-state index contributed by atoms with van der Waals surface area (Å²) < 4.78 is 6.55. The maximum absolute atomic E-state index is 10.5. The predicted octanol–water partition coefficient (Wildman–Crippen LogP) is 3.03. The molecule has 2 aromatic rings. The second-order valence-electron chi connectivity index (χ2n) is 4.20. The monoisotopic (exact) mass is 347 g/mol. The van der Waals surface area contributed by atoms with Crippen LogP contribution in [0.2, 0.25) is 0 Å². The van der Waals surface area contributed by atoms with Crippen LogP contribution in [0.15, 0.2) is 58.1 Å². The van der Waals surface area contributed by atoms with E-state index < -0.39 is 6.03 Å². The van der Waals surface area contributed by atoms with Gasteiger partial charge >= 0.3 is 6.03 Å². The first-order chi connectivity index (χ1) is 10.1. The van der Waals surface area contributed by atoms with Crippen molar-refractivity contribution < 1.29 is 9.53 Å². The molecule has 2 rings (SSSR count). The van der Waals surface area contributed by atoms with Gasteiger partial charge in [-0.15, -0.1) is 0 Å².